The van der Waals surface area contributed by atoms with Crippen molar-refractivity contribution in [2.24, 2.45) is 0 Å². The third-order valence-electron chi connectivity index (χ3n) is 4.53. The van der Waals surface area contributed by atoms with Crippen LogP contribution < -0.4 is 5.32 Å². The van der Waals surface area contributed by atoms with Gasteiger partial charge in [-0.25, -0.2) is 4.79 Å². The molecule has 7 heteroatoms. The van der Waals surface area contributed by atoms with E-state index < -0.39 is 11.9 Å². The number of nitrogens with zero attached hydrogens (tertiary/aromatic N) is 1. The van der Waals surface area contributed by atoms with Crippen molar-refractivity contribution in [1.29, 1.82) is 0 Å². The lowest BCUT2D eigenvalue weighted by atomic mass is 10.1. The van der Waals surface area contributed by atoms with E-state index in [1.54, 1.807) is 30.3 Å². The van der Waals surface area contributed by atoms with Gasteiger partial charge >= 0.3 is 6.03 Å². The van der Waals surface area contributed by atoms with Crippen molar-refractivity contribution in [1.82, 2.24) is 10.2 Å². The Morgan fingerprint density at radius 1 is 1.03 bits per heavy atom. The molecular weight excluding hydrogens is 411 g/mol. The zero-order valence-electron chi connectivity index (χ0n) is 15.4. The second kappa shape index (κ2) is 7.78. The van der Waals surface area contributed by atoms with E-state index in [9.17, 15) is 9.59 Å². The number of benzene rings is 2. The van der Waals surface area contributed by atoms with Crippen molar-refractivity contribution >= 4 is 41.2 Å². The fourth-order valence-corrected chi connectivity index (χ4v) is 3.50. The molecule has 0 aliphatic carbocycles. The lowest BCUT2D eigenvalue weighted by molar-refractivity contribution is -0.123. The molecule has 1 aliphatic rings. The number of halogens is 2. The minimum absolute atomic E-state index is 0.158. The van der Waals surface area contributed by atoms with Crippen molar-refractivity contribution in [2.75, 3.05) is 0 Å². The number of hydrogen-bond donors (Lipinski definition) is 1. The van der Waals surface area contributed by atoms with E-state index in [-0.39, 0.29) is 12.2 Å². The molecule has 1 saturated heterocycles. The summed E-state index contributed by atoms with van der Waals surface area (Å²) in [7, 11) is 0. The Balaban J connectivity index is 1.54. The summed E-state index contributed by atoms with van der Waals surface area (Å²) in [5.74, 6) is 0.553. The highest BCUT2D eigenvalue weighted by atomic mass is 35.5. The minimum atomic E-state index is -0.464. The highest BCUT2D eigenvalue weighted by Crippen LogP contribution is 2.32. The molecule has 1 aromatic heterocycles. The van der Waals surface area contributed by atoms with Gasteiger partial charge in [0.2, 0.25) is 0 Å². The molecular formula is C22H16Cl2N2O3. The molecule has 0 spiro atoms. The molecule has 3 amide bonds. The maximum Gasteiger partial charge on any atom is 0.329 e. The number of carbonyl (C=O) groups excluding carboxylic acids is 2. The van der Waals surface area contributed by atoms with Crippen LogP contribution in [0.25, 0.3) is 17.4 Å². The third kappa shape index (κ3) is 4.06. The van der Waals surface area contributed by atoms with Gasteiger partial charge in [0.15, 0.2) is 0 Å². The smallest absolute Gasteiger partial charge is 0.329 e. The predicted octanol–water partition coefficient (Wildman–Crippen LogP) is 5.65. The molecule has 0 saturated carbocycles. The van der Waals surface area contributed by atoms with Crippen molar-refractivity contribution in [3.8, 4) is 11.3 Å². The van der Waals surface area contributed by atoms with Crippen LogP contribution >= 0.6 is 23.2 Å². The van der Waals surface area contributed by atoms with Gasteiger partial charge in [-0.3, -0.25) is 9.69 Å². The highest BCUT2D eigenvalue weighted by Gasteiger charge is 2.33. The number of furan rings is 1. The van der Waals surface area contributed by atoms with Crippen molar-refractivity contribution in [2.45, 2.75) is 13.5 Å². The molecule has 1 N–H and O–H groups in total. The number of urea groups is 1. The Labute approximate surface area is 177 Å². The molecule has 3 aromatic rings. The number of hydrogen-bond acceptors (Lipinski definition) is 3. The van der Waals surface area contributed by atoms with Gasteiger partial charge in [0, 0.05) is 16.7 Å². The third-order valence-corrected chi connectivity index (χ3v) is 5.08. The largest absolute Gasteiger partial charge is 0.457 e. The lowest BCUT2D eigenvalue weighted by Crippen LogP contribution is -2.30. The molecule has 0 radical (unpaired) electrons. The first kappa shape index (κ1) is 19.3. The van der Waals surface area contributed by atoms with Gasteiger partial charge in [-0.1, -0.05) is 53.0 Å². The summed E-state index contributed by atoms with van der Waals surface area (Å²) in [6.07, 6.45) is 1.50. The number of rotatable bonds is 4. The van der Waals surface area contributed by atoms with Gasteiger partial charge in [-0.15, -0.1) is 0 Å². The van der Waals surface area contributed by atoms with Gasteiger partial charge < -0.3 is 9.73 Å². The van der Waals surface area contributed by atoms with Crippen LogP contribution in [0.3, 0.4) is 0 Å². The van der Waals surface area contributed by atoms with E-state index >= 15 is 0 Å². The minimum Gasteiger partial charge on any atom is -0.457 e. The monoisotopic (exact) mass is 426 g/mol. The lowest BCUT2D eigenvalue weighted by Gasteiger charge is -2.11. The fraction of sp³-hybridized carbons (Fsp3) is 0.0909. The van der Waals surface area contributed by atoms with Crippen LogP contribution in [0.5, 0.6) is 0 Å². The molecule has 1 fully saturated rings. The topological polar surface area (TPSA) is 62.6 Å². The first-order valence-corrected chi connectivity index (χ1v) is 9.61. The molecule has 1 aliphatic heterocycles. The first-order valence-electron chi connectivity index (χ1n) is 8.86. The summed E-state index contributed by atoms with van der Waals surface area (Å²) in [6.45, 7) is 2.18. The molecule has 0 atom stereocenters. The molecule has 0 unspecified atom stereocenters. The fourth-order valence-electron chi connectivity index (χ4n) is 3.00. The quantitative estimate of drug-likeness (QED) is 0.432. The average Bonchev–Trinajstić information content (AvgIpc) is 3.24. The summed E-state index contributed by atoms with van der Waals surface area (Å²) in [4.78, 5) is 26.1. The number of aryl methyl sites for hydroxylation is 1. The van der Waals surface area contributed by atoms with Crippen LogP contribution in [-0.2, 0) is 11.3 Å². The Kier molecular flexibility index (Phi) is 5.18. The van der Waals surface area contributed by atoms with E-state index in [0.29, 0.717) is 27.1 Å². The van der Waals surface area contributed by atoms with Gasteiger partial charge in [0.25, 0.3) is 5.91 Å². The first-order chi connectivity index (χ1) is 13.9. The molecule has 2 heterocycles. The summed E-state index contributed by atoms with van der Waals surface area (Å²) >= 11 is 12.1. The normalized spacial score (nSPS) is 15.3. The number of amides is 3. The number of imide groups is 1. The Morgan fingerprint density at radius 2 is 1.79 bits per heavy atom. The van der Waals surface area contributed by atoms with Crippen LogP contribution in [-0.4, -0.2) is 16.8 Å². The van der Waals surface area contributed by atoms with Gasteiger partial charge in [-0.2, -0.15) is 0 Å². The van der Waals surface area contributed by atoms with Crippen molar-refractivity contribution in [3.05, 3.63) is 87.2 Å². The van der Waals surface area contributed by atoms with Crippen molar-refractivity contribution in [3.63, 3.8) is 0 Å². The van der Waals surface area contributed by atoms with Gasteiger partial charge in [-0.05, 0) is 42.8 Å². The molecule has 29 heavy (non-hydrogen) atoms. The molecule has 5 nitrogen and oxygen atoms in total. The molecule has 0 bridgehead atoms. The second-order valence-corrected chi connectivity index (χ2v) is 7.53. The van der Waals surface area contributed by atoms with E-state index in [4.69, 9.17) is 27.6 Å². The van der Waals surface area contributed by atoms with Crippen LogP contribution in [0.4, 0.5) is 4.79 Å². The zero-order chi connectivity index (χ0) is 20.5. The predicted molar refractivity (Wildman–Crippen MR) is 112 cm³/mol. The summed E-state index contributed by atoms with van der Waals surface area (Å²) in [5, 5.41) is 3.58. The molecule has 146 valence electrons. The molecule has 4 rings (SSSR count). The highest BCUT2D eigenvalue weighted by molar-refractivity contribution is 6.36. The van der Waals surface area contributed by atoms with Crippen LogP contribution in [0, 0.1) is 6.92 Å². The van der Waals surface area contributed by atoms with Crippen LogP contribution in [0.2, 0.25) is 10.0 Å². The number of carbonyl (C=O) groups is 2. The Bertz CT molecular complexity index is 1130. The van der Waals surface area contributed by atoms with E-state index in [0.717, 1.165) is 16.0 Å². The maximum atomic E-state index is 12.7. The van der Waals surface area contributed by atoms with E-state index in [1.165, 1.54) is 6.08 Å². The standard InChI is InChI=1S/C22H16Cl2N2O3/c1-13-2-4-14(5-3-13)12-26-21(27)19(25-22(26)28)11-16-7-9-20(29-16)17-8-6-15(23)10-18(17)24/h2-11H,12H2,1H3,(H,25,28)/b19-11-. The Hall–Kier alpha value is -3.02. The van der Waals surface area contributed by atoms with E-state index in [1.807, 2.05) is 31.2 Å². The van der Waals surface area contributed by atoms with Crippen LogP contribution in [0.15, 0.2) is 64.7 Å². The van der Waals surface area contributed by atoms with Crippen molar-refractivity contribution < 1.29 is 14.0 Å². The summed E-state index contributed by atoms with van der Waals surface area (Å²) in [6, 6.07) is 15.8. The summed E-state index contributed by atoms with van der Waals surface area (Å²) < 4.78 is 5.78. The summed E-state index contributed by atoms with van der Waals surface area (Å²) in [5.41, 5.74) is 2.83. The maximum absolute atomic E-state index is 12.7. The van der Waals surface area contributed by atoms with Gasteiger partial charge in [0.05, 0.1) is 11.6 Å². The Morgan fingerprint density at radius 3 is 2.52 bits per heavy atom. The number of nitrogens with one attached hydrogen (secondary N) is 1. The van der Waals surface area contributed by atoms with Gasteiger partial charge in [0.1, 0.15) is 17.2 Å². The molecule has 2 aromatic carbocycles. The second-order valence-electron chi connectivity index (χ2n) is 6.69. The average molecular weight is 427 g/mol. The SMILES string of the molecule is Cc1ccc(CN2C(=O)N/C(=C\c3ccc(-c4ccc(Cl)cc4Cl)o3)C2=O)cc1. The van der Waals surface area contributed by atoms with E-state index in [2.05, 4.69) is 5.32 Å². The zero-order valence-corrected chi connectivity index (χ0v) is 16.9. The van der Waals surface area contributed by atoms with Crippen LogP contribution in [0.1, 0.15) is 16.9 Å².